The van der Waals surface area contributed by atoms with Gasteiger partial charge in [-0.1, -0.05) is 0 Å². The van der Waals surface area contributed by atoms with E-state index in [1.54, 1.807) is 0 Å². The van der Waals surface area contributed by atoms with Crippen molar-refractivity contribution in [2.24, 2.45) is 0 Å². The van der Waals surface area contributed by atoms with Gasteiger partial charge in [-0.3, -0.25) is 0 Å². The van der Waals surface area contributed by atoms with Crippen molar-refractivity contribution in [3.8, 4) is 0 Å². The molecule has 7 heavy (non-hydrogen) atoms. The van der Waals surface area contributed by atoms with E-state index >= 15 is 0 Å². The largest absolute Gasteiger partial charge is 0.313 e. The second-order valence-electron chi connectivity index (χ2n) is 2.10. The van der Waals surface area contributed by atoms with E-state index in [0.29, 0.717) is 11.3 Å². The van der Waals surface area contributed by atoms with E-state index in [9.17, 15) is 0 Å². The molecule has 0 radical (unpaired) electrons. The Balaban J connectivity index is 2.33. The minimum absolute atomic E-state index is 0.597. The predicted octanol–water partition coefficient (Wildman–Crippen LogP) is 0.667. The average molecular weight is 117 g/mol. The fourth-order valence-corrected chi connectivity index (χ4v) is 1.08. The molecule has 0 aromatic rings. The highest BCUT2D eigenvalue weighted by Crippen LogP contribution is 2.11. The molecule has 1 unspecified atom stereocenters. The van der Waals surface area contributed by atoms with Crippen molar-refractivity contribution in [3.05, 3.63) is 0 Å². The molecule has 42 valence electrons. The van der Waals surface area contributed by atoms with Crippen molar-refractivity contribution in [2.75, 3.05) is 6.54 Å². The molecule has 1 aliphatic heterocycles. The molecule has 1 heterocycles. The Bertz CT molecular complexity index is 57.1. The molecule has 0 amide bonds. The first-order chi connectivity index (χ1) is 3.30. The molecule has 0 aromatic carbocycles. The third-order valence-corrected chi connectivity index (χ3v) is 2.19. The zero-order chi connectivity index (χ0) is 5.28. The number of thiol groups is 1. The van der Waals surface area contributed by atoms with Crippen molar-refractivity contribution in [2.45, 2.75) is 24.6 Å². The van der Waals surface area contributed by atoms with Gasteiger partial charge in [0.15, 0.2) is 0 Å². The van der Waals surface area contributed by atoms with Crippen LogP contribution in [0.25, 0.3) is 0 Å². The van der Waals surface area contributed by atoms with Crippen LogP contribution in [0.2, 0.25) is 0 Å². The Kier molecular flexibility index (Phi) is 1.60. The van der Waals surface area contributed by atoms with E-state index in [1.165, 1.54) is 6.42 Å². The summed E-state index contributed by atoms with van der Waals surface area (Å²) in [7, 11) is 0. The lowest BCUT2D eigenvalue weighted by atomic mass is 10.2. The van der Waals surface area contributed by atoms with Crippen LogP contribution in [-0.4, -0.2) is 17.8 Å². The van der Waals surface area contributed by atoms with Gasteiger partial charge in [0, 0.05) is 11.3 Å². The molecule has 0 spiro atoms. The third-order valence-electron chi connectivity index (χ3n) is 1.48. The molecule has 1 saturated heterocycles. The predicted molar refractivity (Wildman–Crippen MR) is 34.9 cm³/mol. The summed E-state index contributed by atoms with van der Waals surface area (Å²) in [6.45, 7) is 3.32. The highest BCUT2D eigenvalue weighted by molar-refractivity contribution is 7.81. The van der Waals surface area contributed by atoms with Gasteiger partial charge in [-0.05, 0) is 19.9 Å². The Hall–Kier alpha value is 0.310. The van der Waals surface area contributed by atoms with Gasteiger partial charge in [0.25, 0.3) is 0 Å². The van der Waals surface area contributed by atoms with Crippen LogP contribution in [0.1, 0.15) is 13.3 Å². The fraction of sp³-hybridized carbons (Fsp3) is 1.00. The quantitative estimate of drug-likeness (QED) is 0.444. The molecule has 1 N–H and O–H groups in total. The van der Waals surface area contributed by atoms with Crippen molar-refractivity contribution in [1.82, 2.24) is 5.32 Å². The minimum atomic E-state index is 0.597. The summed E-state index contributed by atoms with van der Waals surface area (Å²) in [5.74, 6) is 0. The van der Waals surface area contributed by atoms with Gasteiger partial charge >= 0.3 is 0 Å². The van der Waals surface area contributed by atoms with Gasteiger partial charge in [0.2, 0.25) is 0 Å². The summed E-state index contributed by atoms with van der Waals surface area (Å²) >= 11 is 4.32. The SMILES string of the molecule is C[C@H]1NCCC1S. The summed E-state index contributed by atoms with van der Waals surface area (Å²) in [5.41, 5.74) is 0. The molecule has 1 aliphatic rings. The van der Waals surface area contributed by atoms with Gasteiger partial charge in [-0.15, -0.1) is 0 Å². The number of hydrogen-bond donors (Lipinski definition) is 2. The zero-order valence-corrected chi connectivity index (χ0v) is 5.41. The standard InChI is InChI=1S/C5H11NS/c1-4-5(7)2-3-6-4/h4-7H,2-3H2,1H3/t4-,5?/m1/s1. The molecule has 0 saturated carbocycles. The normalized spacial score (nSPS) is 42.0. The number of hydrogen-bond acceptors (Lipinski definition) is 2. The summed E-state index contributed by atoms with van der Waals surface area (Å²) in [6, 6.07) is 0.628. The minimum Gasteiger partial charge on any atom is -0.313 e. The topological polar surface area (TPSA) is 12.0 Å². The molecule has 1 fully saturated rings. The molecule has 0 bridgehead atoms. The lowest BCUT2D eigenvalue weighted by Gasteiger charge is -2.04. The van der Waals surface area contributed by atoms with E-state index in [-0.39, 0.29) is 0 Å². The van der Waals surface area contributed by atoms with Crippen LogP contribution < -0.4 is 5.32 Å². The maximum absolute atomic E-state index is 4.32. The third kappa shape index (κ3) is 1.10. The van der Waals surface area contributed by atoms with Crippen LogP contribution in [-0.2, 0) is 0 Å². The molecule has 2 atom stereocenters. The monoisotopic (exact) mass is 117 g/mol. The van der Waals surface area contributed by atoms with E-state index in [4.69, 9.17) is 0 Å². The van der Waals surface area contributed by atoms with Gasteiger partial charge in [0.05, 0.1) is 0 Å². The van der Waals surface area contributed by atoms with Gasteiger partial charge in [-0.25, -0.2) is 0 Å². The summed E-state index contributed by atoms with van der Waals surface area (Å²) in [4.78, 5) is 0. The maximum Gasteiger partial charge on any atom is 0.0180 e. The fourth-order valence-electron chi connectivity index (χ4n) is 0.845. The first-order valence-electron chi connectivity index (χ1n) is 2.72. The average Bonchev–Trinajstić information content (AvgIpc) is 1.91. The zero-order valence-electron chi connectivity index (χ0n) is 4.52. The number of rotatable bonds is 0. The Labute approximate surface area is 49.9 Å². The highest BCUT2D eigenvalue weighted by Gasteiger charge is 2.17. The van der Waals surface area contributed by atoms with Crippen molar-refractivity contribution >= 4 is 12.6 Å². The summed E-state index contributed by atoms with van der Waals surface area (Å²) in [6.07, 6.45) is 1.23. The second kappa shape index (κ2) is 2.05. The van der Waals surface area contributed by atoms with Gasteiger partial charge in [-0.2, -0.15) is 12.6 Å². The molecule has 0 aliphatic carbocycles. The van der Waals surface area contributed by atoms with E-state index in [0.717, 1.165) is 6.54 Å². The van der Waals surface area contributed by atoms with E-state index in [2.05, 4.69) is 24.9 Å². The van der Waals surface area contributed by atoms with Gasteiger partial charge < -0.3 is 5.32 Å². The Morgan fingerprint density at radius 3 is 2.57 bits per heavy atom. The molecule has 2 heteroatoms. The van der Waals surface area contributed by atoms with Crippen LogP contribution in [0.4, 0.5) is 0 Å². The summed E-state index contributed by atoms with van der Waals surface area (Å²) in [5, 5.41) is 3.89. The van der Waals surface area contributed by atoms with Crippen LogP contribution in [0.15, 0.2) is 0 Å². The molecular weight excluding hydrogens is 106 g/mol. The lowest BCUT2D eigenvalue weighted by Crippen LogP contribution is -2.22. The molecule has 1 nitrogen and oxygen atoms in total. The van der Waals surface area contributed by atoms with Crippen LogP contribution in [0, 0.1) is 0 Å². The van der Waals surface area contributed by atoms with E-state index in [1.807, 2.05) is 0 Å². The van der Waals surface area contributed by atoms with Crippen LogP contribution in [0.5, 0.6) is 0 Å². The first kappa shape index (κ1) is 5.45. The lowest BCUT2D eigenvalue weighted by molar-refractivity contribution is 0.675. The van der Waals surface area contributed by atoms with Crippen molar-refractivity contribution in [1.29, 1.82) is 0 Å². The Morgan fingerprint density at radius 1 is 1.71 bits per heavy atom. The maximum atomic E-state index is 4.32. The smallest absolute Gasteiger partial charge is 0.0180 e. The van der Waals surface area contributed by atoms with Gasteiger partial charge in [0.1, 0.15) is 0 Å². The van der Waals surface area contributed by atoms with Crippen molar-refractivity contribution in [3.63, 3.8) is 0 Å². The van der Waals surface area contributed by atoms with Crippen LogP contribution in [0.3, 0.4) is 0 Å². The first-order valence-corrected chi connectivity index (χ1v) is 3.24. The molecule has 1 rings (SSSR count). The molecular formula is C5H11NS. The Morgan fingerprint density at radius 2 is 2.43 bits per heavy atom. The number of nitrogens with one attached hydrogen (secondary N) is 1. The second-order valence-corrected chi connectivity index (χ2v) is 2.76. The molecule has 0 aromatic heterocycles. The highest BCUT2D eigenvalue weighted by atomic mass is 32.1. The van der Waals surface area contributed by atoms with Crippen LogP contribution >= 0.6 is 12.6 Å². The van der Waals surface area contributed by atoms with E-state index < -0.39 is 0 Å². The summed E-state index contributed by atoms with van der Waals surface area (Å²) < 4.78 is 0. The van der Waals surface area contributed by atoms with Crippen molar-refractivity contribution < 1.29 is 0 Å².